The quantitative estimate of drug-likeness (QED) is 0.223. The van der Waals surface area contributed by atoms with Crippen LogP contribution < -0.4 is 51.4 Å². The molecule has 0 saturated carbocycles. The number of unbranched alkanes of at least 4 members (excludes halogenated alkanes) is 8. The monoisotopic (exact) mass is 398 g/mol. The van der Waals surface area contributed by atoms with Crippen molar-refractivity contribution in [1.29, 1.82) is 5.26 Å². The first-order valence-electron chi connectivity index (χ1n) is 8.99. The van der Waals surface area contributed by atoms with Crippen molar-refractivity contribution in [3.05, 3.63) is 0 Å². The molecule has 0 unspecified atom stereocenters. The predicted octanol–water partition coefficient (Wildman–Crippen LogP) is 0.199. The molecule has 0 fully saturated rings. The van der Waals surface area contributed by atoms with E-state index in [2.05, 4.69) is 6.92 Å². The van der Waals surface area contributed by atoms with E-state index in [9.17, 15) is 17.8 Å². The van der Waals surface area contributed by atoms with Crippen LogP contribution in [0.1, 0.15) is 77.6 Å². The Morgan fingerprint density at radius 3 is 2.00 bits per heavy atom. The van der Waals surface area contributed by atoms with Crippen LogP contribution >= 0.6 is 0 Å². The van der Waals surface area contributed by atoms with Crippen molar-refractivity contribution in [2.75, 3.05) is 18.8 Å². The van der Waals surface area contributed by atoms with Crippen molar-refractivity contribution in [3.8, 4) is 6.07 Å². The first-order valence-corrected chi connectivity index (χ1v) is 10.6. The fourth-order valence-electron chi connectivity index (χ4n) is 2.51. The van der Waals surface area contributed by atoms with E-state index in [0.717, 1.165) is 19.3 Å². The number of nitriles is 1. The van der Waals surface area contributed by atoms with Gasteiger partial charge >= 0.3 is 51.4 Å². The molecule has 0 atom stereocenters. The van der Waals surface area contributed by atoms with Gasteiger partial charge in [-0.3, -0.25) is 4.79 Å². The largest absolute Gasteiger partial charge is 1.00 e. The van der Waals surface area contributed by atoms with Crippen molar-refractivity contribution < 1.29 is 69.1 Å². The van der Waals surface area contributed by atoms with Crippen LogP contribution in [0.25, 0.3) is 0 Å². The van der Waals surface area contributed by atoms with Gasteiger partial charge in [-0.05, 0) is 6.42 Å². The zero-order valence-electron chi connectivity index (χ0n) is 15.8. The van der Waals surface area contributed by atoms with Crippen LogP contribution in [-0.2, 0) is 14.9 Å². The van der Waals surface area contributed by atoms with Crippen LogP contribution in [0.15, 0.2) is 0 Å². The van der Waals surface area contributed by atoms with E-state index in [1.54, 1.807) is 0 Å². The SMILES string of the molecule is CCCCCCCCCCCC(=O)N(CCC#N)CCS(=O)(=O)[O-].[K+]. The van der Waals surface area contributed by atoms with E-state index in [0.29, 0.717) is 6.42 Å². The van der Waals surface area contributed by atoms with Gasteiger partial charge in [0, 0.05) is 19.5 Å². The number of rotatable bonds is 15. The number of carbonyl (C=O) groups excluding carboxylic acids is 1. The maximum atomic E-state index is 12.1. The zero-order valence-corrected chi connectivity index (χ0v) is 19.8. The van der Waals surface area contributed by atoms with Crippen LogP contribution in [-0.4, -0.2) is 42.6 Å². The Hall–Kier alpha value is 0.506. The van der Waals surface area contributed by atoms with E-state index in [4.69, 9.17) is 5.26 Å². The Morgan fingerprint density at radius 2 is 1.52 bits per heavy atom. The van der Waals surface area contributed by atoms with Crippen molar-refractivity contribution in [3.63, 3.8) is 0 Å². The maximum Gasteiger partial charge on any atom is 1.00 e. The average molecular weight is 399 g/mol. The van der Waals surface area contributed by atoms with Crippen LogP contribution in [0.3, 0.4) is 0 Å². The standard InChI is InChI=1S/C17H32N2O4S.K/c1-2-3-4-5-6-7-8-9-10-12-17(20)19(14-11-13-18)15-16-24(21,22)23;/h2-12,14-16H2,1H3,(H,21,22,23);/q;+1/p-1. The summed E-state index contributed by atoms with van der Waals surface area (Å²) in [5, 5.41) is 8.61. The first-order chi connectivity index (χ1) is 11.4. The summed E-state index contributed by atoms with van der Waals surface area (Å²) >= 11 is 0. The molecule has 6 nitrogen and oxygen atoms in total. The molecule has 0 heterocycles. The van der Waals surface area contributed by atoms with Crippen LogP contribution in [0, 0.1) is 11.3 Å². The molecule has 25 heavy (non-hydrogen) atoms. The van der Waals surface area contributed by atoms with Crippen LogP contribution in [0.2, 0.25) is 0 Å². The molecule has 0 aliphatic rings. The summed E-state index contributed by atoms with van der Waals surface area (Å²) < 4.78 is 32.1. The Bertz CT molecular complexity index is 478. The van der Waals surface area contributed by atoms with Gasteiger partial charge in [0.1, 0.15) is 0 Å². The summed E-state index contributed by atoms with van der Waals surface area (Å²) in [5.41, 5.74) is 0. The summed E-state index contributed by atoms with van der Waals surface area (Å²) in [4.78, 5) is 13.4. The van der Waals surface area contributed by atoms with Gasteiger partial charge in [-0.2, -0.15) is 5.26 Å². The third-order valence-electron chi connectivity index (χ3n) is 3.95. The van der Waals surface area contributed by atoms with Crippen LogP contribution in [0.5, 0.6) is 0 Å². The smallest absolute Gasteiger partial charge is 0.748 e. The summed E-state index contributed by atoms with van der Waals surface area (Å²) in [6.07, 6.45) is 10.9. The number of hydrogen-bond donors (Lipinski definition) is 0. The van der Waals surface area contributed by atoms with Gasteiger partial charge in [0.05, 0.1) is 28.4 Å². The molecule has 0 aromatic rings. The number of hydrogen-bond acceptors (Lipinski definition) is 5. The van der Waals surface area contributed by atoms with E-state index < -0.39 is 15.9 Å². The summed E-state index contributed by atoms with van der Waals surface area (Å²) in [5.74, 6) is -0.765. The van der Waals surface area contributed by atoms with E-state index >= 15 is 0 Å². The van der Waals surface area contributed by atoms with Gasteiger partial charge in [-0.25, -0.2) is 8.42 Å². The van der Waals surface area contributed by atoms with Crippen molar-refractivity contribution in [2.24, 2.45) is 0 Å². The maximum absolute atomic E-state index is 12.1. The van der Waals surface area contributed by atoms with E-state index in [1.807, 2.05) is 6.07 Å². The zero-order chi connectivity index (χ0) is 18.3. The molecular formula is C17H31KN2O4S. The van der Waals surface area contributed by atoms with Crippen molar-refractivity contribution in [2.45, 2.75) is 77.6 Å². The fraction of sp³-hybridized carbons (Fsp3) is 0.882. The van der Waals surface area contributed by atoms with Crippen LogP contribution in [0.4, 0.5) is 0 Å². The van der Waals surface area contributed by atoms with Gasteiger partial charge in [-0.1, -0.05) is 58.3 Å². The van der Waals surface area contributed by atoms with Gasteiger partial charge in [0.25, 0.3) is 0 Å². The predicted molar refractivity (Wildman–Crippen MR) is 93.2 cm³/mol. The average Bonchev–Trinajstić information content (AvgIpc) is 2.52. The second-order valence-electron chi connectivity index (χ2n) is 6.13. The number of nitrogens with zero attached hydrogens (tertiary/aromatic N) is 2. The second kappa shape index (κ2) is 17.9. The molecule has 0 N–H and O–H groups in total. The van der Waals surface area contributed by atoms with Gasteiger partial charge in [-0.15, -0.1) is 0 Å². The molecule has 0 saturated heterocycles. The molecule has 0 radical (unpaired) electrons. The fourth-order valence-corrected chi connectivity index (χ4v) is 2.96. The molecule has 0 aromatic carbocycles. The summed E-state index contributed by atoms with van der Waals surface area (Å²) in [6.45, 7) is 2.26. The summed E-state index contributed by atoms with van der Waals surface area (Å²) in [6, 6.07) is 1.93. The minimum absolute atomic E-state index is 0. The molecule has 1 amide bonds. The third-order valence-corrected chi connectivity index (χ3v) is 4.63. The Balaban J connectivity index is 0. The summed E-state index contributed by atoms with van der Waals surface area (Å²) in [7, 11) is -4.35. The molecule has 8 heteroatoms. The normalized spacial score (nSPS) is 10.8. The molecule has 0 aliphatic heterocycles. The Morgan fingerprint density at radius 1 is 1.00 bits per heavy atom. The topological polar surface area (TPSA) is 101 Å². The Kier molecular flexibility index (Phi) is 19.8. The Labute approximate surface area is 195 Å². The minimum atomic E-state index is -4.35. The molecule has 140 valence electrons. The van der Waals surface area contributed by atoms with Gasteiger partial charge in [0.15, 0.2) is 0 Å². The number of amides is 1. The molecule has 0 aliphatic carbocycles. The third kappa shape index (κ3) is 19.1. The van der Waals surface area contributed by atoms with Crippen molar-refractivity contribution >= 4 is 16.0 Å². The minimum Gasteiger partial charge on any atom is -0.748 e. The molecule has 0 aromatic heterocycles. The van der Waals surface area contributed by atoms with Gasteiger partial charge < -0.3 is 9.45 Å². The molecule has 0 rings (SSSR count). The van der Waals surface area contributed by atoms with E-state index in [1.165, 1.54) is 43.4 Å². The first kappa shape index (κ1) is 27.7. The number of carbonyl (C=O) groups is 1. The molecule has 0 spiro atoms. The van der Waals surface area contributed by atoms with Crippen molar-refractivity contribution in [1.82, 2.24) is 4.90 Å². The van der Waals surface area contributed by atoms with E-state index in [-0.39, 0.29) is 76.8 Å². The van der Waals surface area contributed by atoms with Gasteiger partial charge in [0.2, 0.25) is 5.91 Å². The second-order valence-corrected chi connectivity index (χ2v) is 7.65. The molecular weight excluding hydrogens is 367 g/mol. The molecule has 0 bridgehead atoms.